The Balaban J connectivity index is 2.12. The molecule has 0 aliphatic heterocycles. The van der Waals surface area contributed by atoms with Crippen LogP contribution in [0.2, 0.25) is 0 Å². The summed E-state index contributed by atoms with van der Waals surface area (Å²) in [5.74, 6) is 1.23. The van der Waals surface area contributed by atoms with Gasteiger partial charge in [-0.15, -0.1) is 6.42 Å². The molecule has 0 heterocycles. The van der Waals surface area contributed by atoms with Gasteiger partial charge in [-0.1, -0.05) is 24.1 Å². The van der Waals surface area contributed by atoms with Crippen LogP contribution >= 0.6 is 0 Å². The van der Waals surface area contributed by atoms with Gasteiger partial charge in [-0.3, -0.25) is 0 Å². The molecule has 0 aromatic heterocycles. The van der Waals surface area contributed by atoms with Gasteiger partial charge in [-0.25, -0.2) is 8.78 Å². The molecule has 2 rings (SSSR count). The van der Waals surface area contributed by atoms with Crippen molar-refractivity contribution < 1.29 is 13.5 Å². The molecule has 0 unspecified atom stereocenters. The molecular formula is C15H10F2O. The number of hydrogen-bond donors (Lipinski definition) is 0. The first-order valence-electron chi connectivity index (χ1n) is 5.33. The lowest BCUT2D eigenvalue weighted by Gasteiger charge is -2.07. The van der Waals surface area contributed by atoms with Crippen LogP contribution in [0.4, 0.5) is 8.78 Å². The molecule has 0 saturated carbocycles. The molecule has 0 atom stereocenters. The average molecular weight is 244 g/mol. The summed E-state index contributed by atoms with van der Waals surface area (Å²) in [6.45, 7) is -0.0440. The van der Waals surface area contributed by atoms with Crippen molar-refractivity contribution in [1.82, 2.24) is 0 Å². The molecule has 0 bridgehead atoms. The van der Waals surface area contributed by atoms with Crippen LogP contribution in [0.3, 0.4) is 0 Å². The minimum Gasteiger partial charge on any atom is -0.489 e. The summed E-state index contributed by atoms with van der Waals surface area (Å²) in [6, 6.07) is 10.9. The van der Waals surface area contributed by atoms with Crippen LogP contribution < -0.4 is 4.74 Å². The molecule has 0 aliphatic rings. The molecular weight excluding hydrogens is 234 g/mol. The molecule has 1 nitrogen and oxygen atoms in total. The second-order valence-electron chi connectivity index (χ2n) is 3.67. The van der Waals surface area contributed by atoms with E-state index in [1.807, 2.05) is 0 Å². The lowest BCUT2D eigenvalue weighted by Crippen LogP contribution is -2.00. The number of hydrogen-bond acceptors (Lipinski definition) is 1. The Hall–Kier alpha value is -2.34. The van der Waals surface area contributed by atoms with Gasteiger partial charge in [-0.2, -0.15) is 0 Å². The Morgan fingerprint density at radius 2 is 1.89 bits per heavy atom. The molecule has 0 amide bonds. The fourth-order valence-corrected chi connectivity index (χ4v) is 1.50. The van der Waals surface area contributed by atoms with Gasteiger partial charge in [0.05, 0.1) is 0 Å². The molecule has 3 heteroatoms. The van der Waals surface area contributed by atoms with E-state index < -0.39 is 11.6 Å². The lowest BCUT2D eigenvalue weighted by atomic mass is 10.2. The minimum absolute atomic E-state index is 0.0440. The number of rotatable bonds is 3. The maximum Gasteiger partial charge on any atom is 0.165 e. The van der Waals surface area contributed by atoms with E-state index in [1.165, 1.54) is 12.1 Å². The van der Waals surface area contributed by atoms with Crippen molar-refractivity contribution in [3.63, 3.8) is 0 Å². The largest absolute Gasteiger partial charge is 0.489 e. The first-order chi connectivity index (χ1) is 8.70. The second-order valence-corrected chi connectivity index (χ2v) is 3.67. The van der Waals surface area contributed by atoms with E-state index >= 15 is 0 Å². The highest BCUT2D eigenvalue weighted by atomic mass is 19.2. The Morgan fingerprint density at radius 3 is 2.67 bits per heavy atom. The van der Waals surface area contributed by atoms with Gasteiger partial charge in [0.25, 0.3) is 0 Å². The molecule has 18 heavy (non-hydrogen) atoms. The number of ether oxygens (including phenoxy) is 1. The number of terminal acetylenes is 1. The van der Waals surface area contributed by atoms with Gasteiger partial charge in [0.15, 0.2) is 11.6 Å². The van der Waals surface area contributed by atoms with Gasteiger partial charge < -0.3 is 4.74 Å². The van der Waals surface area contributed by atoms with E-state index in [2.05, 4.69) is 5.92 Å². The molecule has 2 aromatic carbocycles. The van der Waals surface area contributed by atoms with Crippen molar-refractivity contribution in [2.45, 2.75) is 6.61 Å². The SMILES string of the molecule is C#Cc1cccc(OCc2cccc(F)c2F)c1. The zero-order valence-corrected chi connectivity index (χ0v) is 9.49. The highest BCUT2D eigenvalue weighted by molar-refractivity contribution is 5.38. The molecule has 0 spiro atoms. The summed E-state index contributed by atoms with van der Waals surface area (Å²) in [5, 5.41) is 0. The average Bonchev–Trinajstić information content (AvgIpc) is 2.41. The van der Waals surface area contributed by atoms with Crippen LogP contribution in [-0.4, -0.2) is 0 Å². The van der Waals surface area contributed by atoms with Gasteiger partial charge >= 0.3 is 0 Å². The Morgan fingerprint density at radius 1 is 1.11 bits per heavy atom. The van der Waals surface area contributed by atoms with Crippen molar-refractivity contribution in [3.8, 4) is 18.1 Å². The molecule has 0 aliphatic carbocycles. The van der Waals surface area contributed by atoms with Crippen molar-refractivity contribution in [3.05, 3.63) is 65.2 Å². The standard InChI is InChI=1S/C15H10F2O/c1-2-11-5-3-7-13(9-11)18-10-12-6-4-8-14(16)15(12)17/h1,3-9H,10H2. The zero-order valence-electron chi connectivity index (χ0n) is 9.49. The van der Waals surface area contributed by atoms with E-state index in [-0.39, 0.29) is 12.2 Å². The second kappa shape index (κ2) is 5.33. The number of benzene rings is 2. The molecule has 0 radical (unpaired) electrons. The van der Waals surface area contributed by atoms with E-state index in [1.54, 1.807) is 24.3 Å². The summed E-state index contributed by atoms with van der Waals surface area (Å²) in [6.07, 6.45) is 5.25. The van der Waals surface area contributed by atoms with E-state index in [9.17, 15) is 8.78 Å². The summed E-state index contributed by atoms with van der Waals surface area (Å²) in [5.41, 5.74) is 0.841. The molecule has 0 N–H and O–H groups in total. The zero-order chi connectivity index (χ0) is 13.0. The first-order valence-corrected chi connectivity index (χ1v) is 5.33. The summed E-state index contributed by atoms with van der Waals surface area (Å²) in [7, 11) is 0. The van der Waals surface area contributed by atoms with Gasteiger partial charge in [0.2, 0.25) is 0 Å². The van der Waals surface area contributed by atoms with Crippen LogP contribution in [0.15, 0.2) is 42.5 Å². The van der Waals surface area contributed by atoms with Crippen LogP contribution in [0.1, 0.15) is 11.1 Å². The normalized spacial score (nSPS) is 9.83. The van der Waals surface area contributed by atoms with Crippen molar-refractivity contribution in [2.24, 2.45) is 0 Å². The van der Waals surface area contributed by atoms with Crippen molar-refractivity contribution in [1.29, 1.82) is 0 Å². The van der Waals surface area contributed by atoms with E-state index in [4.69, 9.17) is 11.2 Å². The smallest absolute Gasteiger partial charge is 0.165 e. The third-order valence-corrected chi connectivity index (χ3v) is 2.43. The third-order valence-electron chi connectivity index (χ3n) is 2.43. The minimum atomic E-state index is -0.884. The van der Waals surface area contributed by atoms with Gasteiger partial charge in [-0.05, 0) is 24.3 Å². The fraction of sp³-hybridized carbons (Fsp3) is 0.0667. The van der Waals surface area contributed by atoms with E-state index in [0.29, 0.717) is 11.3 Å². The monoisotopic (exact) mass is 244 g/mol. The van der Waals surface area contributed by atoms with Crippen LogP contribution in [0.5, 0.6) is 5.75 Å². The molecule has 2 aromatic rings. The summed E-state index contributed by atoms with van der Waals surface area (Å²) >= 11 is 0. The Kier molecular flexibility index (Phi) is 3.59. The molecule has 90 valence electrons. The predicted molar refractivity (Wildman–Crippen MR) is 65.1 cm³/mol. The topological polar surface area (TPSA) is 9.23 Å². The van der Waals surface area contributed by atoms with Crippen molar-refractivity contribution >= 4 is 0 Å². The highest BCUT2D eigenvalue weighted by Gasteiger charge is 2.07. The van der Waals surface area contributed by atoms with Crippen molar-refractivity contribution in [2.75, 3.05) is 0 Å². The first kappa shape index (κ1) is 12.1. The Bertz CT molecular complexity index is 600. The molecule has 0 saturated heterocycles. The quantitative estimate of drug-likeness (QED) is 0.750. The predicted octanol–water partition coefficient (Wildman–Crippen LogP) is 3.53. The van der Waals surface area contributed by atoms with Gasteiger partial charge in [0, 0.05) is 11.1 Å². The maximum absolute atomic E-state index is 13.4. The lowest BCUT2D eigenvalue weighted by molar-refractivity contribution is 0.297. The summed E-state index contributed by atoms with van der Waals surface area (Å²) in [4.78, 5) is 0. The van der Waals surface area contributed by atoms with E-state index in [0.717, 1.165) is 6.07 Å². The Labute approximate surface area is 104 Å². The van der Waals surface area contributed by atoms with Crippen LogP contribution in [-0.2, 0) is 6.61 Å². The fourth-order valence-electron chi connectivity index (χ4n) is 1.50. The number of halogens is 2. The molecule has 0 fully saturated rings. The van der Waals surface area contributed by atoms with Gasteiger partial charge in [0.1, 0.15) is 12.4 Å². The van der Waals surface area contributed by atoms with Crippen LogP contribution in [0, 0.1) is 24.0 Å². The third kappa shape index (κ3) is 2.67. The highest BCUT2D eigenvalue weighted by Crippen LogP contribution is 2.17. The maximum atomic E-state index is 13.4. The summed E-state index contributed by atoms with van der Waals surface area (Å²) < 4.78 is 31.7. The van der Waals surface area contributed by atoms with Crippen LogP contribution in [0.25, 0.3) is 0 Å².